The maximum Gasteiger partial charge on any atom is 0.165 e. The molecule has 3 rings (SSSR count). The molecule has 1 aliphatic heterocycles. The van der Waals surface area contributed by atoms with Gasteiger partial charge in [0.15, 0.2) is 11.6 Å². The lowest BCUT2D eigenvalue weighted by atomic mass is 10.0. The molecule has 1 atom stereocenters. The highest BCUT2D eigenvalue weighted by Gasteiger charge is 2.25. The Hall–Kier alpha value is -1.43. The number of rotatable bonds is 4. The fraction of sp³-hybridized carbons (Fsp3) is 0.444. The first-order valence-corrected chi connectivity index (χ1v) is 8.90. The van der Waals surface area contributed by atoms with Crippen LogP contribution in [0.5, 0.6) is 5.75 Å². The molecule has 0 radical (unpaired) electrons. The third-order valence-corrected chi connectivity index (χ3v) is 5.35. The van der Waals surface area contributed by atoms with E-state index < -0.39 is 0 Å². The van der Waals surface area contributed by atoms with Crippen molar-refractivity contribution in [2.24, 2.45) is 0 Å². The van der Waals surface area contributed by atoms with E-state index in [-0.39, 0.29) is 11.9 Å². The summed E-state index contributed by atoms with van der Waals surface area (Å²) in [5.41, 5.74) is 2.25. The van der Waals surface area contributed by atoms with Gasteiger partial charge in [0.2, 0.25) is 0 Å². The van der Waals surface area contributed by atoms with Crippen LogP contribution in [0.2, 0.25) is 0 Å². The van der Waals surface area contributed by atoms with E-state index in [4.69, 9.17) is 4.74 Å². The van der Waals surface area contributed by atoms with E-state index in [1.807, 2.05) is 6.07 Å². The third-order valence-electron chi connectivity index (χ3n) is 4.25. The molecule has 1 aliphatic rings. The fourth-order valence-corrected chi connectivity index (χ4v) is 4.19. The van der Waals surface area contributed by atoms with Crippen LogP contribution in [0.1, 0.15) is 28.5 Å². The molecular weight excluding hydrogens is 311 g/mol. The first kappa shape index (κ1) is 16.4. The number of thiophene rings is 1. The van der Waals surface area contributed by atoms with Gasteiger partial charge in [-0.25, -0.2) is 4.39 Å². The van der Waals surface area contributed by atoms with E-state index >= 15 is 0 Å². The second-order valence-electron chi connectivity index (χ2n) is 5.96. The van der Waals surface area contributed by atoms with Crippen molar-refractivity contribution in [2.45, 2.75) is 19.4 Å². The van der Waals surface area contributed by atoms with Gasteiger partial charge in [0.1, 0.15) is 0 Å². The molecule has 0 saturated carbocycles. The monoisotopic (exact) mass is 334 g/mol. The Morgan fingerprint density at radius 3 is 2.83 bits per heavy atom. The Bertz CT molecular complexity index is 650. The summed E-state index contributed by atoms with van der Waals surface area (Å²) in [7, 11) is 1.50. The van der Waals surface area contributed by atoms with Crippen molar-refractivity contribution in [3.63, 3.8) is 0 Å². The van der Waals surface area contributed by atoms with Gasteiger partial charge in [0, 0.05) is 24.5 Å². The number of nitrogens with one attached hydrogen (secondary N) is 1. The van der Waals surface area contributed by atoms with Gasteiger partial charge in [0.25, 0.3) is 0 Å². The number of hydrogen-bond donors (Lipinski definition) is 1. The third kappa shape index (κ3) is 3.74. The molecule has 1 aromatic carbocycles. The van der Waals surface area contributed by atoms with Crippen LogP contribution in [0, 0.1) is 12.7 Å². The maximum absolute atomic E-state index is 14.2. The van der Waals surface area contributed by atoms with E-state index in [1.165, 1.54) is 17.6 Å². The number of halogens is 1. The highest BCUT2D eigenvalue weighted by Crippen LogP contribution is 2.35. The summed E-state index contributed by atoms with van der Waals surface area (Å²) in [5, 5.41) is 5.60. The van der Waals surface area contributed by atoms with E-state index in [2.05, 4.69) is 28.6 Å². The predicted octanol–water partition coefficient (Wildman–Crippen LogP) is 3.59. The molecule has 3 nitrogen and oxygen atoms in total. The molecule has 0 aliphatic carbocycles. The van der Waals surface area contributed by atoms with Crippen LogP contribution >= 0.6 is 11.3 Å². The molecule has 23 heavy (non-hydrogen) atoms. The molecule has 1 aromatic heterocycles. The largest absolute Gasteiger partial charge is 0.494 e. The lowest BCUT2D eigenvalue weighted by Gasteiger charge is -2.30. The van der Waals surface area contributed by atoms with Crippen molar-refractivity contribution in [2.75, 3.05) is 33.3 Å². The Kier molecular flexibility index (Phi) is 5.30. The number of aryl methyl sites for hydroxylation is 1. The fourth-order valence-electron chi connectivity index (χ4n) is 3.13. The molecule has 1 unspecified atom stereocenters. The lowest BCUT2D eigenvalue weighted by Crippen LogP contribution is -2.32. The quantitative estimate of drug-likeness (QED) is 0.925. The van der Waals surface area contributed by atoms with Crippen LogP contribution in [0.25, 0.3) is 0 Å². The minimum atomic E-state index is -0.295. The van der Waals surface area contributed by atoms with Crippen LogP contribution in [0.4, 0.5) is 4.39 Å². The second kappa shape index (κ2) is 7.43. The molecule has 1 N–H and O–H groups in total. The number of methoxy groups -OCH3 is 1. The summed E-state index contributed by atoms with van der Waals surface area (Å²) in [5.74, 6) is 0.00335. The first-order chi connectivity index (χ1) is 11.2. The van der Waals surface area contributed by atoms with Crippen molar-refractivity contribution < 1.29 is 9.13 Å². The Balaban J connectivity index is 1.98. The van der Waals surface area contributed by atoms with Crippen LogP contribution < -0.4 is 10.1 Å². The SMILES string of the molecule is COc1ccc(C(c2cc(C)cs2)N2CCCNCC2)cc1F. The van der Waals surface area contributed by atoms with E-state index in [0.29, 0.717) is 5.75 Å². The Labute approximate surface area is 141 Å². The minimum absolute atomic E-state index is 0.106. The summed E-state index contributed by atoms with van der Waals surface area (Å²) in [4.78, 5) is 3.72. The topological polar surface area (TPSA) is 24.5 Å². The number of nitrogens with zero attached hydrogens (tertiary/aromatic N) is 1. The van der Waals surface area contributed by atoms with Crippen molar-refractivity contribution in [3.8, 4) is 5.75 Å². The maximum atomic E-state index is 14.2. The first-order valence-electron chi connectivity index (χ1n) is 8.02. The average molecular weight is 334 g/mol. The molecule has 0 bridgehead atoms. The number of ether oxygens (including phenoxy) is 1. The van der Waals surface area contributed by atoms with Gasteiger partial charge in [-0.05, 0) is 54.6 Å². The van der Waals surface area contributed by atoms with Crippen molar-refractivity contribution in [1.82, 2.24) is 10.2 Å². The van der Waals surface area contributed by atoms with Crippen LogP contribution in [0.3, 0.4) is 0 Å². The predicted molar refractivity (Wildman–Crippen MR) is 92.9 cm³/mol. The lowest BCUT2D eigenvalue weighted by molar-refractivity contribution is 0.243. The zero-order valence-corrected chi connectivity index (χ0v) is 14.5. The van der Waals surface area contributed by atoms with Crippen molar-refractivity contribution in [3.05, 3.63) is 51.5 Å². The van der Waals surface area contributed by atoms with Crippen LogP contribution in [-0.2, 0) is 0 Å². The second-order valence-corrected chi connectivity index (χ2v) is 6.91. The van der Waals surface area contributed by atoms with Gasteiger partial charge in [-0.15, -0.1) is 11.3 Å². The van der Waals surface area contributed by atoms with E-state index in [9.17, 15) is 4.39 Å². The summed E-state index contributed by atoms with van der Waals surface area (Å²) in [6, 6.07) is 7.66. The molecule has 0 spiro atoms. The highest BCUT2D eigenvalue weighted by molar-refractivity contribution is 7.10. The Morgan fingerprint density at radius 2 is 2.13 bits per heavy atom. The molecule has 2 aromatic rings. The summed E-state index contributed by atoms with van der Waals surface area (Å²) < 4.78 is 19.3. The average Bonchev–Trinajstić information content (AvgIpc) is 2.80. The van der Waals surface area contributed by atoms with Gasteiger partial charge in [-0.3, -0.25) is 4.90 Å². The zero-order valence-electron chi connectivity index (χ0n) is 13.6. The standard InChI is InChI=1S/C18H23FN2OS/c1-13-10-17(23-12-13)18(21-8-3-6-20-7-9-21)14-4-5-16(22-2)15(19)11-14/h4-5,10-12,18,20H,3,6-9H2,1-2H3. The zero-order chi connectivity index (χ0) is 16.2. The van der Waals surface area contributed by atoms with Crippen LogP contribution in [-0.4, -0.2) is 38.2 Å². The van der Waals surface area contributed by atoms with E-state index in [0.717, 1.165) is 38.2 Å². The molecule has 0 amide bonds. The molecular formula is C18H23FN2OS. The summed E-state index contributed by atoms with van der Waals surface area (Å²) in [6.45, 7) is 6.11. The van der Waals surface area contributed by atoms with Gasteiger partial charge in [-0.2, -0.15) is 0 Å². The smallest absolute Gasteiger partial charge is 0.165 e. The molecule has 5 heteroatoms. The molecule has 1 saturated heterocycles. The highest BCUT2D eigenvalue weighted by atomic mass is 32.1. The minimum Gasteiger partial charge on any atom is -0.494 e. The van der Waals surface area contributed by atoms with Gasteiger partial charge < -0.3 is 10.1 Å². The normalized spacial score (nSPS) is 17.7. The molecule has 1 fully saturated rings. The van der Waals surface area contributed by atoms with E-state index in [1.54, 1.807) is 23.5 Å². The van der Waals surface area contributed by atoms with Gasteiger partial charge in [-0.1, -0.05) is 6.07 Å². The number of hydrogen-bond acceptors (Lipinski definition) is 4. The van der Waals surface area contributed by atoms with Crippen molar-refractivity contribution in [1.29, 1.82) is 0 Å². The number of benzene rings is 1. The Morgan fingerprint density at radius 1 is 1.26 bits per heavy atom. The summed E-state index contributed by atoms with van der Waals surface area (Å²) in [6.07, 6.45) is 1.11. The van der Waals surface area contributed by atoms with Gasteiger partial charge in [0.05, 0.1) is 13.2 Å². The summed E-state index contributed by atoms with van der Waals surface area (Å²) >= 11 is 1.75. The molecule has 124 valence electrons. The van der Waals surface area contributed by atoms with Gasteiger partial charge >= 0.3 is 0 Å². The molecule has 2 heterocycles. The van der Waals surface area contributed by atoms with Crippen molar-refractivity contribution >= 4 is 11.3 Å². The van der Waals surface area contributed by atoms with Crippen LogP contribution in [0.15, 0.2) is 29.6 Å².